The summed E-state index contributed by atoms with van der Waals surface area (Å²) in [4.78, 5) is 19.8. The molecule has 0 unspecified atom stereocenters. The van der Waals surface area contributed by atoms with Crippen molar-refractivity contribution >= 4 is 45.0 Å². The Morgan fingerprint density at radius 3 is 2.55 bits per heavy atom. The van der Waals surface area contributed by atoms with Crippen molar-refractivity contribution in [1.82, 2.24) is 9.97 Å². The Morgan fingerprint density at radius 2 is 1.86 bits per heavy atom. The van der Waals surface area contributed by atoms with E-state index in [-0.39, 0.29) is 36.3 Å². The minimum Gasteiger partial charge on any atom is -0.490 e. The molecule has 0 aliphatic heterocycles. The van der Waals surface area contributed by atoms with Crippen LogP contribution < -0.4 is 15.4 Å². The van der Waals surface area contributed by atoms with Crippen LogP contribution in [0.3, 0.4) is 0 Å². The molecule has 0 radical (unpaired) electrons. The summed E-state index contributed by atoms with van der Waals surface area (Å²) in [6.07, 6.45) is 1.54. The van der Waals surface area contributed by atoms with Crippen molar-refractivity contribution in [2.45, 2.75) is 0 Å². The van der Waals surface area contributed by atoms with Gasteiger partial charge in [0.15, 0.2) is 0 Å². The molecule has 0 bridgehead atoms. The molecule has 0 amide bonds. The van der Waals surface area contributed by atoms with Crippen LogP contribution in [-0.2, 0) is 0 Å². The standard InChI is InChI=1S/C19H16BrFN4O4/c20-15-10-22-19(25-17(15)23-12-3-1-11(21)2-4-12)24-13-5-6-14(18(27)28)16(9-13)29-8-7-26/h1-6,9-10,26H,7-8H2,(H,27,28)(H2,22,23,24,25). The lowest BCUT2D eigenvalue weighted by molar-refractivity contribution is 0.0691. The second-order valence-corrected chi connectivity index (χ2v) is 6.59. The van der Waals surface area contributed by atoms with E-state index in [1.165, 1.54) is 30.5 Å². The normalized spacial score (nSPS) is 10.4. The van der Waals surface area contributed by atoms with Crippen LogP contribution >= 0.6 is 15.9 Å². The average Bonchev–Trinajstić information content (AvgIpc) is 2.70. The van der Waals surface area contributed by atoms with E-state index in [0.717, 1.165) is 0 Å². The predicted octanol–water partition coefficient (Wildman–Crippen LogP) is 3.93. The van der Waals surface area contributed by atoms with Crippen molar-refractivity contribution in [2.75, 3.05) is 23.8 Å². The number of carboxylic acids is 1. The number of nitrogens with one attached hydrogen (secondary N) is 2. The van der Waals surface area contributed by atoms with Gasteiger partial charge in [-0.1, -0.05) is 0 Å². The Hall–Kier alpha value is -3.24. The monoisotopic (exact) mass is 462 g/mol. The van der Waals surface area contributed by atoms with Crippen molar-refractivity contribution in [3.63, 3.8) is 0 Å². The summed E-state index contributed by atoms with van der Waals surface area (Å²) < 4.78 is 19.0. The van der Waals surface area contributed by atoms with Crippen LogP contribution in [0.15, 0.2) is 53.1 Å². The summed E-state index contributed by atoms with van der Waals surface area (Å²) in [5, 5.41) is 24.2. The molecule has 0 spiro atoms. The number of ether oxygens (including phenoxy) is 1. The molecule has 0 saturated heterocycles. The van der Waals surface area contributed by atoms with Gasteiger partial charge in [-0.2, -0.15) is 4.98 Å². The Balaban J connectivity index is 1.82. The molecule has 0 aliphatic carbocycles. The zero-order valence-corrected chi connectivity index (χ0v) is 16.5. The largest absolute Gasteiger partial charge is 0.490 e. The first-order chi connectivity index (χ1) is 14.0. The number of hydrogen-bond acceptors (Lipinski definition) is 7. The minimum atomic E-state index is -1.14. The van der Waals surface area contributed by atoms with Gasteiger partial charge in [-0.15, -0.1) is 0 Å². The number of halogens is 2. The highest BCUT2D eigenvalue weighted by molar-refractivity contribution is 9.10. The fraction of sp³-hybridized carbons (Fsp3) is 0.105. The van der Waals surface area contributed by atoms with Gasteiger partial charge in [-0.25, -0.2) is 14.2 Å². The number of hydrogen-bond donors (Lipinski definition) is 4. The number of benzene rings is 2. The van der Waals surface area contributed by atoms with Crippen LogP contribution in [0, 0.1) is 5.82 Å². The molecule has 0 fully saturated rings. The molecule has 0 atom stereocenters. The number of aromatic nitrogens is 2. The molecular weight excluding hydrogens is 447 g/mol. The molecule has 0 aliphatic rings. The van der Waals surface area contributed by atoms with Gasteiger partial charge in [0.25, 0.3) is 0 Å². The smallest absolute Gasteiger partial charge is 0.339 e. The molecule has 150 valence electrons. The van der Waals surface area contributed by atoms with Gasteiger partial charge in [-0.05, 0) is 52.3 Å². The third kappa shape index (κ3) is 5.39. The van der Waals surface area contributed by atoms with Gasteiger partial charge in [0, 0.05) is 23.6 Å². The van der Waals surface area contributed by atoms with Crippen LogP contribution in [0.2, 0.25) is 0 Å². The lowest BCUT2D eigenvalue weighted by Gasteiger charge is -2.12. The summed E-state index contributed by atoms with van der Waals surface area (Å²) in [6, 6.07) is 10.2. The first-order valence-electron chi connectivity index (χ1n) is 8.39. The van der Waals surface area contributed by atoms with Gasteiger partial charge in [-0.3, -0.25) is 0 Å². The molecule has 4 N–H and O–H groups in total. The minimum absolute atomic E-state index is 0.0283. The lowest BCUT2D eigenvalue weighted by atomic mass is 10.2. The zero-order valence-electron chi connectivity index (χ0n) is 14.9. The van der Waals surface area contributed by atoms with Gasteiger partial charge in [0.2, 0.25) is 5.95 Å². The number of carboxylic acid groups (broad SMARTS) is 1. The molecule has 0 saturated carbocycles. The quantitative estimate of drug-likeness (QED) is 0.397. The third-order valence-corrected chi connectivity index (χ3v) is 4.25. The molecular formula is C19H16BrFN4O4. The highest BCUT2D eigenvalue weighted by Gasteiger charge is 2.13. The van der Waals surface area contributed by atoms with Crippen molar-refractivity contribution < 1.29 is 24.1 Å². The maximum absolute atomic E-state index is 13.1. The summed E-state index contributed by atoms with van der Waals surface area (Å²) in [5.74, 6) is -0.681. The average molecular weight is 463 g/mol. The topological polar surface area (TPSA) is 117 Å². The summed E-state index contributed by atoms with van der Waals surface area (Å²) in [5.41, 5.74) is 1.11. The van der Waals surface area contributed by atoms with Gasteiger partial charge < -0.3 is 25.6 Å². The maximum Gasteiger partial charge on any atom is 0.339 e. The van der Waals surface area contributed by atoms with Crippen LogP contribution in [0.25, 0.3) is 0 Å². The van der Waals surface area contributed by atoms with E-state index in [1.54, 1.807) is 18.2 Å². The van der Waals surface area contributed by atoms with Crippen LogP contribution in [0.4, 0.5) is 27.5 Å². The molecule has 10 heteroatoms. The number of nitrogens with zero attached hydrogens (tertiary/aromatic N) is 2. The number of rotatable bonds is 8. The fourth-order valence-electron chi connectivity index (χ4n) is 2.37. The number of aromatic carboxylic acids is 1. The fourth-order valence-corrected chi connectivity index (χ4v) is 2.66. The molecule has 3 rings (SSSR count). The molecule has 29 heavy (non-hydrogen) atoms. The molecule has 1 aromatic heterocycles. The van der Waals surface area contributed by atoms with Crippen LogP contribution in [-0.4, -0.2) is 39.4 Å². The van der Waals surface area contributed by atoms with Crippen molar-refractivity contribution in [1.29, 1.82) is 0 Å². The third-order valence-electron chi connectivity index (χ3n) is 3.67. The van der Waals surface area contributed by atoms with Gasteiger partial charge in [0.1, 0.15) is 29.6 Å². The van der Waals surface area contributed by atoms with Crippen molar-refractivity contribution in [2.24, 2.45) is 0 Å². The summed E-state index contributed by atoms with van der Waals surface area (Å²) in [6.45, 7) is -0.283. The molecule has 8 nitrogen and oxygen atoms in total. The van der Waals surface area contributed by atoms with E-state index in [2.05, 4.69) is 36.5 Å². The van der Waals surface area contributed by atoms with Gasteiger partial charge in [0.05, 0.1) is 11.1 Å². The van der Waals surface area contributed by atoms with E-state index >= 15 is 0 Å². The second-order valence-electron chi connectivity index (χ2n) is 5.74. The number of anilines is 4. The summed E-state index contributed by atoms with van der Waals surface area (Å²) >= 11 is 3.36. The number of aliphatic hydroxyl groups is 1. The first kappa shape index (κ1) is 20.5. The second kappa shape index (κ2) is 9.30. The lowest BCUT2D eigenvalue weighted by Crippen LogP contribution is -2.08. The number of aliphatic hydroxyl groups excluding tert-OH is 1. The Labute approximate surface area is 173 Å². The van der Waals surface area contributed by atoms with Crippen LogP contribution in [0.5, 0.6) is 5.75 Å². The van der Waals surface area contributed by atoms with Crippen molar-refractivity contribution in [3.05, 3.63) is 64.5 Å². The Morgan fingerprint density at radius 1 is 1.14 bits per heavy atom. The van der Waals surface area contributed by atoms with E-state index in [1.807, 2.05) is 0 Å². The van der Waals surface area contributed by atoms with E-state index < -0.39 is 5.97 Å². The Kier molecular flexibility index (Phi) is 6.57. The zero-order chi connectivity index (χ0) is 20.8. The highest BCUT2D eigenvalue weighted by atomic mass is 79.9. The Bertz CT molecular complexity index is 1020. The highest BCUT2D eigenvalue weighted by Crippen LogP contribution is 2.28. The van der Waals surface area contributed by atoms with Gasteiger partial charge >= 0.3 is 5.97 Å². The first-order valence-corrected chi connectivity index (χ1v) is 9.18. The predicted molar refractivity (Wildman–Crippen MR) is 109 cm³/mol. The van der Waals surface area contributed by atoms with E-state index in [9.17, 15) is 14.3 Å². The number of carbonyl (C=O) groups is 1. The maximum atomic E-state index is 13.1. The SMILES string of the molecule is O=C(O)c1ccc(Nc2ncc(Br)c(Nc3ccc(F)cc3)n2)cc1OCCO. The molecule has 3 aromatic rings. The molecule has 2 aromatic carbocycles. The van der Waals surface area contributed by atoms with E-state index in [4.69, 9.17) is 9.84 Å². The molecule has 1 heterocycles. The van der Waals surface area contributed by atoms with Crippen molar-refractivity contribution in [3.8, 4) is 5.75 Å². The van der Waals surface area contributed by atoms with E-state index in [0.29, 0.717) is 21.7 Å². The van der Waals surface area contributed by atoms with Crippen LogP contribution in [0.1, 0.15) is 10.4 Å². The summed E-state index contributed by atoms with van der Waals surface area (Å²) in [7, 11) is 0.